The Balaban J connectivity index is 2.44. The third kappa shape index (κ3) is 3.75. The Morgan fingerprint density at radius 2 is 2.47 bits per heavy atom. The lowest BCUT2D eigenvalue weighted by atomic mass is 9.91. The van der Waals surface area contributed by atoms with Gasteiger partial charge < -0.3 is 14.9 Å². The summed E-state index contributed by atoms with van der Waals surface area (Å²) in [5.41, 5.74) is 0. The van der Waals surface area contributed by atoms with Gasteiger partial charge in [-0.2, -0.15) is 0 Å². The molecule has 0 saturated carbocycles. The van der Waals surface area contributed by atoms with Crippen molar-refractivity contribution < 1.29 is 19.7 Å². The van der Waals surface area contributed by atoms with Crippen LogP contribution in [-0.4, -0.2) is 28.9 Å². The fourth-order valence-corrected chi connectivity index (χ4v) is 1.47. The summed E-state index contributed by atoms with van der Waals surface area (Å²) in [7, 11) is 0. The fraction of sp³-hybridized carbons (Fsp3) is 0.545. The molecule has 0 heterocycles. The lowest BCUT2D eigenvalue weighted by Crippen LogP contribution is -2.19. The van der Waals surface area contributed by atoms with Gasteiger partial charge in [0.2, 0.25) is 0 Å². The lowest BCUT2D eigenvalue weighted by molar-refractivity contribution is -0.137. The van der Waals surface area contributed by atoms with Crippen LogP contribution < -0.4 is 0 Å². The van der Waals surface area contributed by atoms with Crippen LogP contribution in [0.1, 0.15) is 19.8 Å². The number of carbonyl (C=O) groups is 1. The molecule has 2 unspecified atom stereocenters. The summed E-state index contributed by atoms with van der Waals surface area (Å²) in [6.45, 7) is 2.11. The molecule has 1 aliphatic rings. The molecule has 0 bridgehead atoms. The average molecular weight is 212 g/mol. The van der Waals surface area contributed by atoms with Gasteiger partial charge >= 0.3 is 5.97 Å². The van der Waals surface area contributed by atoms with Crippen LogP contribution in [0.2, 0.25) is 0 Å². The molecular weight excluding hydrogens is 196 g/mol. The third-order valence-corrected chi connectivity index (χ3v) is 2.29. The van der Waals surface area contributed by atoms with Gasteiger partial charge in [-0.3, -0.25) is 0 Å². The standard InChI is InChI=1S/C11H16O4/c1-2-15-11(14)6-4-8-3-5-9(12)10(13)7-8/h4-6,8,10,12-13H,2-3,7H2,1H3. The highest BCUT2D eigenvalue weighted by atomic mass is 16.5. The van der Waals surface area contributed by atoms with Crippen LogP contribution >= 0.6 is 0 Å². The van der Waals surface area contributed by atoms with E-state index in [0.717, 1.165) is 0 Å². The van der Waals surface area contributed by atoms with Crippen molar-refractivity contribution in [3.05, 3.63) is 24.0 Å². The quantitative estimate of drug-likeness (QED) is 0.547. The van der Waals surface area contributed by atoms with Crippen molar-refractivity contribution in [2.45, 2.75) is 25.9 Å². The van der Waals surface area contributed by atoms with E-state index < -0.39 is 6.10 Å². The van der Waals surface area contributed by atoms with Crippen LogP contribution in [0.4, 0.5) is 0 Å². The molecule has 0 aromatic heterocycles. The monoisotopic (exact) mass is 212 g/mol. The minimum absolute atomic E-state index is 0.0239. The van der Waals surface area contributed by atoms with E-state index in [-0.39, 0.29) is 17.6 Å². The average Bonchev–Trinajstić information content (AvgIpc) is 2.20. The van der Waals surface area contributed by atoms with Crippen LogP contribution in [0.15, 0.2) is 24.0 Å². The molecule has 0 aromatic carbocycles. The summed E-state index contributed by atoms with van der Waals surface area (Å²) in [5, 5.41) is 18.5. The molecule has 0 radical (unpaired) electrons. The van der Waals surface area contributed by atoms with Crippen molar-refractivity contribution >= 4 is 5.97 Å². The summed E-state index contributed by atoms with van der Waals surface area (Å²) in [6, 6.07) is 0. The van der Waals surface area contributed by atoms with E-state index in [1.54, 1.807) is 19.1 Å². The second-order valence-corrected chi connectivity index (χ2v) is 3.49. The summed E-state index contributed by atoms with van der Waals surface area (Å²) >= 11 is 0. The molecule has 0 aliphatic heterocycles. The molecule has 2 atom stereocenters. The van der Waals surface area contributed by atoms with Gasteiger partial charge in [0.05, 0.1) is 6.61 Å². The molecule has 84 valence electrons. The highest BCUT2D eigenvalue weighted by Gasteiger charge is 2.20. The highest BCUT2D eigenvalue weighted by molar-refractivity contribution is 5.81. The molecule has 0 amide bonds. The van der Waals surface area contributed by atoms with Gasteiger partial charge in [-0.15, -0.1) is 0 Å². The van der Waals surface area contributed by atoms with Crippen LogP contribution in [-0.2, 0) is 9.53 Å². The Morgan fingerprint density at radius 3 is 3.07 bits per heavy atom. The van der Waals surface area contributed by atoms with E-state index >= 15 is 0 Å². The Labute approximate surface area is 88.9 Å². The zero-order valence-electron chi connectivity index (χ0n) is 8.72. The van der Waals surface area contributed by atoms with Crippen LogP contribution in [0.3, 0.4) is 0 Å². The van der Waals surface area contributed by atoms with Gasteiger partial charge in [-0.25, -0.2) is 4.79 Å². The molecule has 1 aliphatic carbocycles. The maximum Gasteiger partial charge on any atom is 0.330 e. The molecule has 1 rings (SSSR count). The molecular formula is C11H16O4. The largest absolute Gasteiger partial charge is 0.510 e. The number of carbonyl (C=O) groups excluding carboxylic acids is 1. The first-order valence-corrected chi connectivity index (χ1v) is 5.05. The maximum absolute atomic E-state index is 11.0. The fourth-order valence-electron chi connectivity index (χ4n) is 1.47. The van der Waals surface area contributed by atoms with Crippen molar-refractivity contribution in [3.63, 3.8) is 0 Å². The highest BCUT2D eigenvalue weighted by Crippen LogP contribution is 2.23. The molecule has 0 spiro atoms. The van der Waals surface area contributed by atoms with Gasteiger partial charge in [0.1, 0.15) is 11.9 Å². The Morgan fingerprint density at radius 1 is 1.73 bits per heavy atom. The number of esters is 1. The molecule has 4 nitrogen and oxygen atoms in total. The van der Waals surface area contributed by atoms with Crippen molar-refractivity contribution in [2.24, 2.45) is 5.92 Å². The zero-order valence-corrected chi connectivity index (χ0v) is 8.72. The smallest absolute Gasteiger partial charge is 0.330 e. The Hall–Kier alpha value is -1.29. The number of aliphatic hydroxyl groups excluding tert-OH is 2. The van der Waals surface area contributed by atoms with Gasteiger partial charge in [-0.1, -0.05) is 6.08 Å². The van der Waals surface area contributed by atoms with Crippen LogP contribution in [0.25, 0.3) is 0 Å². The summed E-state index contributed by atoms with van der Waals surface area (Å²) in [6.07, 6.45) is 4.93. The van der Waals surface area contributed by atoms with E-state index in [9.17, 15) is 9.90 Å². The first-order valence-electron chi connectivity index (χ1n) is 5.05. The molecule has 15 heavy (non-hydrogen) atoms. The Bertz CT molecular complexity index is 280. The molecule has 0 saturated heterocycles. The van der Waals surface area contributed by atoms with Gasteiger partial charge in [0.15, 0.2) is 0 Å². The number of hydrogen-bond donors (Lipinski definition) is 2. The van der Waals surface area contributed by atoms with E-state index in [4.69, 9.17) is 9.84 Å². The minimum Gasteiger partial charge on any atom is -0.510 e. The topological polar surface area (TPSA) is 66.8 Å². The van der Waals surface area contributed by atoms with Crippen molar-refractivity contribution in [2.75, 3.05) is 6.61 Å². The van der Waals surface area contributed by atoms with Crippen molar-refractivity contribution in [3.8, 4) is 0 Å². The molecule has 0 fully saturated rings. The third-order valence-electron chi connectivity index (χ3n) is 2.29. The molecule has 0 aromatic rings. The second kappa shape index (κ2) is 5.56. The number of ether oxygens (including phenoxy) is 1. The number of aliphatic hydroxyl groups is 2. The predicted molar refractivity (Wildman–Crippen MR) is 55.2 cm³/mol. The number of rotatable bonds is 3. The van der Waals surface area contributed by atoms with Crippen LogP contribution in [0, 0.1) is 5.92 Å². The Kier molecular flexibility index (Phi) is 4.37. The van der Waals surface area contributed by atoms with Crippen LogP contribution in [0.5, 0.6) is 0 Å². The van der Waals surface area contributed by atoms with Gasteiger partial charge in [0.25, 0.3) is 0 Å². The minimum atomic E-state index is -0.810. The van der Waals surface area contributed by atoms with Gasteiger partial charge in [0, 0.05) is 6.08 Å². The molecule has 4 heteroatoms. The van der Waals surface area contributed by atoms with E-state index in [1.807, 2.05) is 0 Å². The predicted octanol–water partition coefficient (Wildman–Crippen LogP) is 1.32. The van der Waals surface area contributed by atoms with Gasteiger partial charge in [-0.05, 0) is 31.8 Å². The number of hydrogen-bond acceptors (Lipinski definition) is 4. The first kappa shape index (κ1) is 11.8. The van der Waals surface area contributed by atoms with Crippen molar-refractivity contribution in [1.29, 1.82) is 0 Å². The normalized spacial score (nSPS) is 26.4. The van der Waals surface area contributed by atoms with E-state index in [0.29, 0.717) is 19.4 Å². The molecule has 2 N–H and O–H groups in total. The van der Waals surface area contributed by atoms with Crippen molar-refractivity contribution in [1.82, 2.24) is 0 Å². The second-order valence-electron chi connectivity index (χ2n) is 3.49. The maximum atomic E-state index is 11.0. The first-order chi connectivity index (χ1) is 7.13. The summed E-state index contributed by atoms with van der Waals surface area (Å²) in [5.74, 6) is -0.262. The van der Waals surface area contributed by atoms with E-state index in [1.165, 1.54) is 6.08 Å². The summed E-state index contributed by atoms with van der Waals surface area (Å²) in [4.78, 5) is 11.0. The number of allylic oxidation sites excluding steroid dienone is 2. The SMILES string of the molecule is CCOC(=O)C=CC1CC=C(O)C(O)C1. The zero-order chi connectivity index (χ0) is 11.3. The lowest BCUT2D eigenvalue weighted by Gasteiger charge is -2.20. The summed E-state index contributed by atoms with van der Waals surface area (Å²) < 4.78 is 4.73. The van der Waals surface area contributed by atoms with E-state index in [2.05, 4.69) is 0 Å².